The first-order chi connectivity index (χ1) is 9.40. The summed E-state index contributed by atoms with van der Waals surface area (Å²) in [6.07, 6.45) is 0. The van der Waals surface area contributed by atoms with Gasteiger partial charge in [-0.3, -0.25) is 10.1 Å². The molecule has 0 atom stereocenters. The molecule has 0 radical (unpaired) electrons. The lowest BCUT2D eigenvalue weighted by Gasteiger charge is -2.20. The van der Waals surface area contributed by atoms with Crippen molar-refractivity contribution < 1.29 is 0 Å². The van der Waals surface area contributed by atoms with Gasteiger partial charge in [-0.2, -0.15) is 5.10 Å². The Morgan fingerprint density at radius 2 is 2.20 bits per heavy atom. The Kier molecular flexibility index (Phi) is 4.13. The molecular weight excluding hydrogens is 318 g/mol. The van der Waals surface area contributed by atoms with Crippen LogP contribution in [0.3, 0.4) is 0 Å². The van der Waals surface area contributed by atoms with Crippen molar-refractivity contribution in [1.82, 2.24) is 9.78 Å². The zero-order valence-electron chi connectivity index (χ0n) is 11.8. The predicted molar refractivity (Wildman–Crippen MR) is 85.2 cm³/mol. The van der Waals surface area contributed by atoms with Gasteiger partial charge in [-0.05, 0) is 35.0 Å². The summed E-state index contributed by atoms with van der Waals surface area (Å²) in [4.78, 5) is 2.10. The van der Waals surface area contributed by atoms with E-state index >= 15 is 0 Å². The van der Waals surface area contributed by atoms with Crippen LogP contribution < -0.4 is 10.6 Å². The summed E-state index contributed by atoms with van der Waals surface area (Å²) >= 11 is 3.58. The molecule has 3 N–H and O–H groups in total. The molecule has 5 nitrogen and oxygen atoms in total. The number of aryl methyl sites for hydroxylation is 2. The van der Waals surface area contributed by atoms with Gasteiger partial charge in [0.05, 0.1) is 22.4 Å². The van der Waals surface area contributed by atoms with Crippen LogP contribution in [0.2, 0.25) is 0 Å². The van der Waals surface area contributed by atoms with Crippen LogP contribution in [0.15, 0.2) is 28.7 Å². The molecule has 106 valence electrons. The van der Waals surface area contributed by atoms with Gasteiger partial charge in [0.25, 0.3) is 0 Å². The second kappa shape index (κ2) is 5.66. The van der Waals surface area contributed by atoms with Gasteiger partial charge in [-0.15, -0.1) is 0 Å². The summed E-state index contributed by atoms with van der Waals surface area (Å²) in [7, 11) is 3.95. The van der Waals surface area contributed by atoms with E-state index in [0.717, 1.165) is 33.7 Å². The first kappa shape index (κ1) is 14.6. The quantitative estimate of drug-likeness (QED) is 0.665. The van der Waals surface area contributed by atoms with E-state index in [-0.39, 0.29) is 5.84 Å². The summed E-state index contributed by atoms with van der Waals surface area (Å²) in [5, 5.41) is 11.9. The number of nitrogens with zero attached hydrogens (tertiary/aromatic N) is 3. The average molecular weight is 336 g/mol. The number of aromatic nitrogens is 2. The number of hydrogen-bond acceptors (Lipinski definition) is 3. The fourth-order valence-corrected chi connectivity index (χ4v) is 2.54. The zero-order valence-corrected chi connectivity index (χ0v) is 13.4. The van der Waals surface area contributed by atoms with Crippen LogP contribution in [-0.2, 0) is 13.6 Å². The smallest absolute Gasteiger partial charge is 0.122 e. The summed E-state index contributed by atoms with van der Waals surface area (Å²) in [6, 6.07) is 7.67. The third-order valence-corrected chi connectivity index (χ3v) is 4.28. The largest absolute Gasteiger partial charge is 0.384 e. The highest BCUT2D eigenvalue weighted by Crippen LogP contribution is 2.24. The maximum atomic E-state index is 7.50. The molecule has 1 aromatic carbocycles. The van der Waals surface area contributed by atoms with E-state index in [9.17, 15) is 0 Å². The van der Waals surface area contributed by atoms with Gasteiger partial charge in [0.2, 0.25) is 0 Å². The molecule has 2 rings (SSSR count). The Morgan fingerprint density at radius 1 is 1.50 bits per heavy atom. The number of hydrogen-bond donors (Lipinski definition) is 2. The van der Waals surface area contributed by atoms with Crippen molar-refractivity contribution >= 4 is 27.5 Å². The lowest BCUT2D eigenvalue weighted by Crippen LogP contribution is -2.20. The predicted octanol–water partition coefficient (Wildman–Crippen LogP) is 2.41. The van der Waals surface area contributed by atoms with Gasteiger partial charge in [-0.25, -0.2) is 0 Å². The molecule has 0 spiro atoms. The molecule has 20 heavy (non-hydrogen) atoms. The topological polar surface area (TPSA) is 70.9 Å². The van der Waals surface area contributed by atoms with Gasteiger partial charge in [-0.1, -0.05) is 12.1 Å². The number of nitrogen functional groups attached to an aromatic ring is 1. The number of anilines is 1. The maximum absolute atomic E-state index is 7.50. The molecule has 0 amide bonds. The first-order valence-corrected chi connectivity index (χ1v) is 7.03. The molecule has 0 fully saturated rings. The van der Waals surface area contributed by atoms with Crippen LogP contribution in [-0.4, -0.2) is 22.7 Å². The molecule has 0 bridgehead atoms. The van der Waals surface area contributed by atoms with E-state index in [4.69, 9.17) is 11.1 Å². The van der Waals surface area contributed by atoms with Crippen molar-refractivity contribution in [3.8, 4) is 0 Å². The highest BCUT2D eigenvalue weighted by molar-refractivity contribution is 9.10. The van der Waals surface area contributed by atoms with E-state index in [2.05, 4.69) is 25.9 Å². The molecule has 6 heteroatoms. The lowest BCUT2D eigenvalue weighted by atomic mass is 10.1. The van der Waals surface area contributed by atoms with Crippen LogP contribution in [0.4, 0.5) is 5.69 Å². The molecule has 2 aromatic rings. The normalized spacial score (nSPS) is 10.6. The number of halogens is 1. The van der Waals surface area contributed by atoms with Crippen molar-refractivity contribution in [3.63, 3.8) is 0 Å². The van der Waals surface area contributed by atoms with E-state index in [1.165, 1.54) is 0 Å². The molecular formula is C14H18BrN5. The minimum atomic E-state index is 0.0813. The van der Waals surface area contributed by atoms with Crippen LogP contribution in [0.25, 0.3) is 0 Å². The minimum Gasteiger partial charge on any atom is -0.384 e. The monoisotopic (exact) mass is 335 g/mol. The van der Waals surface area contributed by atoms with Gasteiger partial charge in [0.1, 0.15) is 5.84 Å². The van der Waals surface area contributed by atoms with Crippen LogP contribution in [0, 0.1) is 12.3 Å². The van der Waals surface area contributed by atoms with Gasteiger partial charge >= 0.3 is 0 Å². The number of amidine groups is 1. The Hall–Kier alpha value is -1.82. The molecule has 1 aromatic heterocycles. The van der Waals surface area contributed by atoms with Crippen LogP contribution in [0.5, 0.6) is 0 Å². The van der Waals surface area contributed by atoms with Crippen molar-refractivity contribution in [2.75, 3.05) is 11.9 Å². The minimum absolute atomic E-state index is 0.0813. The number of nitrogens with one attached hydrogen (secondary N) is 1. The molecule has 0 aliphatic heterocycles. The van der Waals surface area contributed by atoms with Gasteiger partial charge < -0.3 is 10.6 Å². The van der Waals surface area contributed by atoms with Crippen LogP contribution in [0.1, 0.15) is 17.0 Å². The first-order valence-electron chi connectivity index (χ1n) is 6.23. The summed E-state index contributed by atoms with van der Waals surface area (Å²) in [5.41, 5.74) is 9.37. The maximum Gasteiger partial charge on any atom is 0.122 e. The Bertz CT molecular complexity index is 647. The fraction of sp³-hybridized carbons (Fsp3) is 0.286. The number of benzene rings is 1. The average Bonchev–Trinajstić information content (AvgIpc) is 2.65. The van der Waals surface area contributed by atoms with Gasteiger partial charge in [0.15, 0.2) is 0 Å². The second-order valence-corrected chi connectivity index (χ2v) is 5.58. The van der Waals surface area contributed by atoms with Crippen LogP contribution >= 0.6 is 15.9 Å². The van der Waals surface area contributed by atoms with Gasteiger partial charge in [0, 0.05) is 25.3 Å². The summed E-state index contributed by atoms with van der Waals surface area (Å²) in [5.74, 6) is 0.0813. The highest BCUT2D eigenvalue weighted by atomic mass is 79.9. The van der Waals surface area contributed by atoms with Crippen molar-refractivity contribution in [3.05, 3.63) is 45.7 Å². The van der Waals surface area contributed by atoms with E-state index < -0.39 is 0 Å². The molecule has 1 heterocycles. The third-order valence-electron chi connectivity index (χ3n) is 3.25. The van der Waals surface area contributed by atoms with Crippen molar-refractivity contribution in [2.45, 2.75) is 13.5 Å². The molecule has 0 aliphatic carbocycles. The second-order valence-electron chi connectivity index (χ2n) is 4.79. The Balaban J connectivity index is 2.26. The highest BCUT2D eigenvalue weighted by Gasteiger charge is 2.13. The van der Waals surface area contributed by atoms with Crippen molar-refractivity contribution in [2.24, 2.45) is 12.8 Å². The number of nitrogens with two attached hydrogens (primary N) is 1. The summed E-state index contributed by atoms with van der Waals surface area (Å²) < 4.78 is 2.92. The fourth-order valence-electron chi connectivity index (χ4n) is 2.08. The summed E-state index contributed by atoms with van der Waals surface area (Å²) in [6.45, 7) is 2.70. The standard InChI is InChI=1S/C14H18BrN5/c1-9-13(15)12(20(3)18-9)8-19(2)11-6-4-5-10(7-11)14(16)17/h4-7H,8H2,1-3H3,(H3,16,17). The number of rotatable bonds is 4. The van der Waals surface area contributed by atoms with Crippen molar-refractivity contribution in [1.29, 1.82) is 5.41 Å². The molecule has 0 saturated heterocycles. The molecule has 0 aliphatic rings. The zero-order chi connectivity index (χ0) is 14.9. The lowest BCUT2D eigenvalue weighted by molar-refractivity contribution is 0.693. The Morgan fingerprint density at radius 3 is 2.75 bits per heavy atom. The third kappa shape index (κ3) is 2.85. The Labute approximate surface area is 127 Å². The van der Waals surface area contributed by atoms with E-state index in [1.807, 2.05) is 50.0 Å². The van der Waals surface area contributed by atoms with E-state index in [0.29, 0.717) is 0 Å². The SMILES string of the molecule is Cc1nn(C)c(CN(C)c2cccc(C(=N)N)c2)c1Br. The molecule has 0 saturated carbocycles. The van der Waals surface area contributed by atoms with E-state index in [1.54, 1.807) is 0 Å². The molecule has 0 unspecified atom stereocenters.